The van der Waals surface area contributed by atoms with Crippen molar-refractivity contribution in [2.75, 3.05) is 11.9 Å². The molecular weight excluding hydrogens is 304 g/mol. The number of halogens is 1. The molecule has 0 aromatic carbocycles. The van der Waals surface area contributed by atoms with Gasteiger partial charge in [0.25, 0.3) is 0 Å². The second kappa shape index (κ2) is 6.30. The second-order valence-corrected chi connectivity index (χ2v) is 7.30. The molecule has 0 atom stereocenters. The summed E-state index contributed by atoms with van der Waals surface area (Å²) in [4.78, 5) is 12.4. The Hall–Kier alpha value is -1.17. The SMILES string of the molecule is Cc1nc(N(C)Cc2ccc(Cl)s2)ncc1CNC1CC1. The van der Waals surface area contributed by atoms with Crippen LogP contribution in [0.3, 0.4) is 0 Å². The zero-order valence-corrected chi connectivity index (χ0v) is 13.8. The van der Waals surface area contributed by atoms with Crippen LogP contribution in [-0.2, 0) is 13.1 Å². The smallest absolute Gasteiger partial charge is 0.225 e. The normalized spacial score (nSPS) is 14.4. The molecule has 0 saturated heterocycles. The predicted octanol–water partition coefficient (Wildman–Crippen LogP) is 3.39. The van der Waals surface area contributed by atoms with Crippen molar-refractivity contribution in [3.63, 3.8) is 0 Å². The molecule has 0 unspecified atom stereocenters. The molecule has 1 fully saturated rings. The summed E-state index contributed by atoms with van der Waals surface area (Å²) in [5.74, 6) is 0.757. The Labute approximate surface area is 134 Å². The third-order valence-corrected chi connectivity index (χ3v) is 4.81. The van der Waals surface area contributed by atoms with Crippen LogP contribution in [0, 0.1) is 6.92 Å². The van der Waals surface area contributed by atoms with Crippen molar-refractivity contribution in [2.45, 2.75) is 38.9 Å². The molecule has 2 aromatic rings. The minimum Gasteiger partial charge on any atom is -0.339 e. The Morgan fingerprint density at radius 2 is 2.24 bits per heavy atom. The number of thiophene rings is 1. The number of hydrogen-bond acceptors (Lipinski definition) is 5. The first-order valence-electron chi connectivity index (χ1n) is 7.13. The van der Waals surface area contributed by atoms with E-state index in [4.69, 9.17) is 11.6 Å². The van der Waals surface area contributed by atoms with Gasteiger partial charge in [-0.1, -0.05) is 11.6 Å². The van der Waals surface area contributed by atoms with Crippen LogP contribution in [0.15, 0.2) is 18.3 Å². The number of rotatable bonds is 6. The fourth-order valence-corrected chi connectivity index (χ4v) is 3.26. The zero-order chi connectivity index (χ0) is 14.8. The zero-order valence-electron chi connectivity index (χ0n) is 12.3. The van der Waals surface area contributed by atoms with E-state index in [1.165, 1.54) is 23.3 Å². The van der Waals surface area contributed by atoms with Crippen molar-refractivity contribution < 1.29 is 0 Å². The summed E-state index contributed by atoms with van der Waals surface area (Å²) >= 11 is 7.56. The summed E-state index contributed by atoms with van der Waals surface area (Å²) in [7, 11) is 2.00. The number of nitrogens with one attached hydrogen (secondary N) is 1. The minimum absolute atomic E-state index is 0.704. The second-order valence-electron chi connectivity index (χ2n) is 5.50. The summed E-state index contributed by atoms with van der Waals surface area (Å²) in [6.07, 6.45) is 4.53. The van der Waals surface area contributed by atoms with Crippen LogP contribution >= 0.6 is 22.9 Å². The van der Waals surface area contributed by atoms with E-state index in [0.29, 0.717) is 6.04 Å². The van der Waals surface area contributed by atoms with E-state index in [-0.39, 0.29) is 0 Å². The van der Waals surface area contributed by atoms with Crippen LogP contribution in [0.4, 0.5) is 5.95 Å². The van der Waals surface area contributed by atoms with E-state index in [2.05, 4.69) is 15.3 Å². The van der Waals surface area contributed by atoms with Crippen molar-refractivity contribution in [1.82, 2.24) is 15.3 Å². The predicted molar refractivity (Wildman–Crippen MR) is 88.1 cm³/mol. The molecule has 2 heterocycles. The highest BCUT2D eigenvalue weighted by Gasteiger charge is 2.20. The van der Waals surface area contributed by atoms with E-state index >= 15 is 0 Å². The van der Waals surface area contributed by atoms with Gasteiger partial charge in [-0.05, 0) is 31.9 Å². The fourth-order valence-electron chi connectivity index (χ4n) is 2.12. The first kappa shape index (κ1) is 14.8. The molecule has 0 aliphatic heterocycles. The topological polar surface area (TPSA) is 41.1 Å². The maximum absolute atomic E-state index is 5.96. The van der Waals surface area contributed by atoms with E-state index < -0.39 is 0 Å². The minimum atomic E-state index is 0.704. The average molecular weight is 323 g/mol. The largest absolute Gasteiger partial charge is 0.339 e. The van der Waals surface area contributed by atoms with Gasteiger partial charge in [0.2, 0.25) is 5.95 Å². The maximum atomic E-state index is 5.96. The van der Waals surface area contributed by atoms with Crippen molar-refractivity contribution >= 4 is 28.9 Å². The molecule has 1 aliphatic rings. The molecule has 21 heavy (non-hydrogen) atoms. The van der Waals surface area contributed by atoms with Gasteiger partial charge in [-0.25, -0.2) is 9.97 Å². The number of hydrogen-bond donors (Lipinski definition) is 1. The van der Waals surface area contributed by atoms with Gasteiger partial charge in [0.1, 0.15) is 0 Å². The molecule has 1 saturated carbocycles. The monoisotopic (exact) mass is 322 g/mol. The van der Waals surface area contributed by atoms with Gasteiger partial charge in [0.15, 0.2) is 0 Å². The Bertz CT molecular complexity index is 624. The highest BCUT2D eigenvalue weighted by molar-refractivity contribution is 7.16. The lowest BCUT2D eigenvalue weighted by molar-refractivity contribution is 0.678. The summed E-state index contributed by atoms with van der Waals surface area (Å²) in [5, 5.41) is 3.50. The standard InChI is InChI=1S/C15H19ClN4S/c1-10-11(7-17-12-3-4-12)8-18-15(19-10)20(2)9-13-5-6-14(16)21-13/h5-6,8,12,17H,3-4,7,9H2,1-2H3. The van der Waals surface area contributed by atoms with Gasteiger partial charge < -0.3 is 10.2 Å². The Kier molecular flexibility index (Phi) is 4.42. The lowest BCUT2D eigenvalue weighted by atomic mass is 10.2. The Morgan fingerprint density at radius 1 is 1.43 bits per heavy atom. The van der Waals surface area contributed by atoms with Crippen molar-refractivity contribution in [3.05, 3.63) is 38.8 Å². The maximum Gasteiger partial charge on any atom is 0.225 e. The summed E-state index contributed by atoms with van der Waals surface area (Å²) in [5.41, 5.74) is 2.22. The quantitative estimate of drug-likeness (QED) is 0.885. The van der Waals surface area contributed by atoms with Gasteiger partial charge in [0, 0.05) is 42.0 Å². The third-order valence-electron chi connectivity index (χ3n) is 3.59. The van der Waals surface area contributed by atoms with Gasteiger partial charge in [-0.15, -0.1) is 11.3 Å². The summed E-state index contributed by atoms with van der Waals surface area (Å²) in [6, 6.07) is 4.67. The molecule has 0 bridgehead atoms. The van der Waals surface area contributed by atoms with Crippen molar-refractivity contribution in [1.29, 1.82) is 0 Å². The molecule has 1 N–H and O–H groups in total. The lowest BCUT2D eigenvalue weighted by Gasteiger charge is -2.17. The molecule has 6 heteroatoms. The van der Waals surface area contributed by atoms with Crippen LogP contribution in [-0.4, -0.2) is 23.1 Å². The van der Waals surface area contributed by atoms with E-state index in [0.717, 1.165) is 29.1 Å². The van der Waals surface area contributed by atoms with E-state index in [1.54, 1.807) is 11.3 Å². The first-order chi connectivity index (χ1) is 10.1. The first-order valence-corrected chi connectivity index (χ1v) is 8.32. The summed E-state index contributed by atoms with van der Waals surface area (Å²) in [6.45, 7) is 3.68. The molecular formula is C15H19ClN4S. The molecule has 2 aromatic heterocycles. The van der Waals surface area contributed by atoms with Crippen LogP contribution in [0.25, 0.3) is 0 Å². The molecule has 0 radical (unpaired) electrons. The van der Waals surface area contributed by atoms with Crippen molar-refractivity contribution in [2.24, 2.45) is 0 Å². The van der Waals surface area contributed by atoms with Gasteiger partial charge in [-0.2, -0.15) is 0 Å². The number of aromatic nitrogens is 2. The number of anilines is 1. The third kappa shape index (κ3) is 3.93. The Balaban J connectivity index is 1.65. The number of nitrogens with zero attached hydrogens (tertiary/aromatic N) is 3. The molecule has 0 amide bonds. The number of aryl methyl sites for hydroxylation is 1. The molecule has 3 rings (SSSR count). The molecule has 1 aliphatic carbocycles. The lowest BCUT2D eigenvalue weighted by Crippen LogP contribution is -2.21. The van der Waals surface area contributed by atoms with Crippen LogP contribution < -0.4 is 10.2 Å². The van der Waals surface area contributed by atoms with Gasteiger partial charge >= 0.3 is 0 Å². The van der Waals surface area contributed by atoms with Gasteiger partial charge in [-0.3, -0.25) is 0 Å². The van der Waals surface area contributed by atoms with Crippen LogP contribution in [0.2, 0.25) is 4.34 Å². The van der Waals surface area contributed by atoms with Crippen molar-refractivity contribution in [3.8, 4) is 0 Å². The van der Waals surface area contributed by atoms with Crippen LogP contribution in [0.5, 0.6) is 0 Å². The Morgan fingerprint density at radius 3 is 2.86 bits per heavy atom. The van der Waals surface area contributed by atoms with E-state index in [1.807, 2.05) is 37.2 Å². The average Bonchev–Trinajstić information content (AvgIpc) is 3.20. The molecule has 0 spiro atoms. The fraction of sp³-hybridized carbons (Fsp3) is 0.467. The summed E-state index contributed by atoms with van der Waals surface area (Å²) < 4.78 is 0.817. The van der Waals surface area contributed by atoms with E-state index in [9.17, 15) is 0 Å². The highest BCUT2D eigenvalue weighted by Crippen LogP contribution is 2.24. The highest BCUT2D eigenvalue weighted by atomic mass is 35.5. The molecule has 112 valence electrons. The van der Waals surface area contributed by atoms with Gasteiger partial charge in [0.05, 0.1) is 10.9 Å². The van der Waals surface area contributed by atoms with Crippen LogP contribution in [0.1, 0.15) is 29.0 Å². The molecule has 4 nitrogen and oxygen atoms in total.